The number of methoxy groups -OCH3 is 1. The molecule has 0 aliphatic heterocycles. The third kappa shape index (κ3) is 10.6. The molecule has 0 amide bonds. The average molecular weight is 760 g/mol. The van der Waals surface area contributed by atoms with Gasteiger partial charge in [0, 0.05) is 33.5 Å². The zero-order valence-corrected chi connectivity index (χ0v) is 28.9. The molecule has 0 atom stereocenters. The molecule has 0 heterocycles. The van der Waals surface area contributed by atoms with Crippen molar-refractivity contribution in [2.24, 2.45) is 20.5 Å². The van der Waals surface area contributed by atoms with Gasteiger partial charge in [0.2, 0.25) is 0 Å². The highest BCUT2D eigenvalue weighted by atomic mass is 32.2. The van der Waals surface area contributed by atoms with Crippen LogP contribution in [0.25, 0.3) is 21.5 Å². The maximum absolute atomic E-state index is 11.6. The first-order valence-electron chi connectivity index (χ1n) is 14.4. The van der Waals surface area contributed by atoms with Gasteiger partial charge in [-0.3, -0.25) is 9.11 Å². The number of aliphatic hydroxyl groups is 1. The standard InChI is InChI=1S/C31H29N5O9S2.O3S/c1-44-31-17-28(35-33-21-6-8-23-19(14-21)4-2-5-30(23)45-12-3-13-46(38,39)40)20(18-37)15-29(31)36-34-27-11-10-26(32)25-16-22(47(41,42)43)7-9-24(25)27;1-4(2)3/h2,4-11,14-17,37H,3,12-13,18,32H2,1H3,(H,38,39,40)(H,41,42,43);. The number of aliphatic hydroxyl groups excluding tert-OH is 1. The van der Waals surface area contributed by atoms with E-state index >= 15 is 0 Å². The van der Waals surface area contributed by atoms with Gasteiger partial charge in [-0.2, -0.15) is 27.1 Å². The molecule has 0 bridgehead atoms. The SMILES string of the molecule is COc1cc(N=Nc2ccc3c(OCCCS(=O)(=O)O)cccc3c2)c(CO)cc1N=Nc1ccc(N)c2cc(S(=O)(=O)O)ccc12.O=S(=O)=O. The number of nitrogen functional groups attached to an aromatic ring is 1. The summed E-state index contributed by atoms with van der Waals surface area (Å²) in [6.45, 7) is -0.282. The highest BCUT2D eigenvalue weighted by Crippen LogP contribution is 2.39. The first-order valence-corrected chi connectivity index (χ1v) is 18.5. The number of benzene rings is 5. The molecule has 0 saturated carbocycles. The van der Waals surface area contributed by atoms with E-state index in [1.807, 2.05) is 6.07 Å². The van der Waals surface area contributed by atoms with Crippen molar-refractivity contribution in [2.45, 2.75) is 17.9 Å². The lowest BCUT2D eigenvalue weighted by Crippen LogP contribution is -2.08. The number of azo groups is 2. The van der Waals surface area contributed by atoms with Crippen LogP contribution in [-0.2, 0) is 37.5 Å². The smallest absolute Gasteiger partial charge is 0.425 e. The molecule has 0 fully saturated rings. The van der Waals surface area contributed by atoms with Crippen LogP contribution in [0.1, 0.15) is 12.0 Å². The zero-order valence-electron chi connectivity index (χ0n) is 26.4. The molecule has 51 heavy (non-hydrogen) atoms. The summed E-state index contributed by atoms with van der Waals surface area (Å²) in [7, 11) is -10.2. The van der Waals surface area contributed by atoms with Gasteiger partial charge >= 0.3 is 10.6 Å². The zero-order chi connectivity index (χ0) is 37.3. The fourth-order valence-corrected chi connectivity index (χ4v) is 5.71. The summed E-state index contributed by atoms with van der Waals surface area (Å²) in [5.41, 5.74) is 8.21. The van der Waals surface area contributed by atoms with E-state index in [0.29, 0.717) is 44.9 Å². The second-order valence-electron chi connectivity index (χ2n) is 10.4. The molecule has 17 nitrogen and oxygen atoms in total. The van der Waals surface area contributed by atoms with Gasteiger partial charge in [-0.25, -0.2) is 0 Å². The Morgan fingerprint density at radius 3 is 2.10 bits per heavy atom. The number of rotatable bonds is 12. The average Bonchev–Trinajstić information content (AvgIpc) is 3.07. The monoisotopic (exact) mass is 759 g/mol. The summed E-state index contributed by atoms with van der Waals surface area (Å²) >= 11 is 0. The van der Waals surface area contributed by atoms with Gasteiger partial charge in [-0.15, -0.1) is 22.9 Å². The van der Waals surface area contributed by atoms with Crippen LogP contribution in [0.15, 0.2) is 104 Å². The predicted molar refractivity (Wildman–Crippen MR) is 186 cm³/mol. The molecule has 20 heteroatoms. The number of nitrogens with two attached hydrogens (primary N) is 1. The van der Waals surface area contributed by atoms with E-state index in [1.54, 1.807) is 54.6 Å². The molecule has 5 aromatic carbocycles. The Morgan fingerprint density at radius 1 is 0.745 bits per heavy atom. The van der Waals surface area contributed by atoms with E-state index in [-0.39, 0.29) is 35.9 Å². The van der Waals surface area contributed by atoms with Crippen molar-refractivity contribution in [3.8, 4) is 11.5 Å². The summed E-state index contributed by atoms with van der Waals surface area (Å²) in [6.07, 6.45) is 0.136. The van der Waals surface area contributed by atoms with Gasteiger partial charge in [0.05, 0.1) is 48.0 Å². The Morgan fingerprint density at radius 2 is 1.43 bits per heavy atom. The second kappa shape index (κ2) is 16.6. The van der Waals surface area contributed by atoms with E-state index in [4.69, 9.17) is 32.4 Å². The van der Waals surface area contributed by atoms with Crippen molar-refractivity contribution >= 4 is 80.8 Å². The number of ether oxygens (including phenoxy) is 2. The summed E-state index contributed by atoms with van der Waals surface area (Å²) in [5.74, 6) is 0.450. The third-order valence-electron chi connectivity index (χ3n) is 7.01. The number of hydrogen-bond acceptors (Lipinski definition) is 15. The minimum atomic E-state index is -4.44. The van der Waals surface area contributed by atoms with Gasteiger partial charge in [-0.1, -0.05) is 18.2 Å². The molecule has 0 spiro atoms. The lowest BCUT2D eigenvalue weighted by atomic mass is 10.1. The van der Waals surface area contributed by atoms with Crippen LogP contribution in [0.4, 0.5) is 28.4 Å². The Balaban J connectivity index is 0.00000138. The topological polar surface area (TPSA) is 274 Å². The van der Waals surface area contributed by atoms with Crippen LogP contribution < -0.4 is 15.2 Å². The minimum Gasteiger partial charge on any atom is -0.494 e. The highest BCUT2D eigenvalue weighted by molar-refractivity contribution is 7.86. The lowest BCUT2D eigenvalue weighted by Gasteiger charge is -2.10. The van der Waals surface area contributed by atoms with Gasteiger partial charge in [0.25, 0.3) is 20.2 Å². The van der Waals surface area contributed by atoms with Gasteiger partial charge in [-0.05, 0) is 66.4 Å². The van der Waals surface area contributed by atoms with Crippen molar-refractivity contribution in [2.75, 3.05) is 25.2 Å². The third-order valence-corrected chi connectivity index (χ3v) is 8.67. The maximum Gasteiger partial charge on any atom is 0.425 e. The summed E-state index contributed by atoms with van der Waals surface area (Å²) in [5, 5.41) is 29.8. The molecule has 0 aromatic heterocycles. The van der Waals surface area contributed by atoms with Crippen LogP contribution >= 0.6 is 0 Å². The highest BCUT2D eigenvalue weighted by Gasteiger charge is 2.14. The van der Waals surface area contributed by atoms with Crippen LogP contribution in [-0.4, -0.2) is 63.1 Å². The normalized spacial score (nSPS) is 11.9. The van der Waals surface area contributed by atoms with Crippen LogP contribution in [0.3, 0.4) is 0 Å². The number of hydrogen-bond donors (Lipinski definition) is 4. The molecule has 0 aliphatic carbocycles. The minimum absolute atomic E-state index is 0.107. The van der Waals surface area contributed by atoms with E-state index < -0.39 is 36.6 Å². The summed E-state index contributed by atoms with van der Waals surface area (Å²) in [6, 6.07) is 20.9. The molecular weight excluding hydrogens is 731 g/mol. The molecular formula is C31H29N5O12S3. The molecule has 268 valence electrons. The number of fused-ring (bicyclic) bond motifs is 2. The first kappa shape index (κ1) is 38.4. The lowest BCUT2D eigenvalue weighted by molar-refractivity contribution is 0.282. The van der Waals surface area contributed by atoms with E-state index in [9.17, 15) is 26.5 Å². The van der Waals surface area contributed by atoms with Crippen molar-refractivity contribution in [3.05, 3.63) is 84.4 Å². The van der Waals surface area contributed by atoms with Crippen LogP contribution in [0.5, 0.6) is 11.5 Å². The fraction of sp³-hybridized carbons (Fsp3) is 0.161. The van der Waals surface area contributed by atoms with Crippen molar-refractivity contribution in [3.63, 3.8) is 0 Å². The van der Waals surface area contributed by atoms with E-state index in [1.165, 1.54) is 25.3 Å². The van der Waals surface area contributed by atoms with Gasteiger partial charge in [0.1, 0.15) is 17.2 Å². The first-order chi connectivity index (χ1) is 24.1. The van der Waals surface area contributed by atoms with Gasteiger partial charge in [0.15, 0.2) is 0 Å². The second-order valence-corrected chi connectivity index (χ2v) is 13.8. The molecule has 5 rings (SSSR count). The van der Waals surface area contributed by atoms with Crippen LogP contribution in [0.2, 0.25) is 0 Å². The molecule has 0 radical (unpaired) electrons. The Bertz CT molecular complexity index is 2490. The number of nitrogens with zero attached hydrogens (tertiary/aromatic N) is 4. The molecule has 5 N–H and O–H groups in total. The summed E-state index contributed by atoms with van der Waals surface area (Å²) < 4.78 is 99.9. The van der Waals surface area contributed by atoms with Crippen molar-refractivity contribution < 1.29 is 53.1 Å². The molecule has 0 saturated heterocycles. The molecule has 0 unspecified atom stereocenters. The quantitative estimate of drug-likeness (QED) is 0.0507. The Kier molecular flexibility index (Phi) is 12.5. The van der Waals surface area contributed by atoms with Crippen molar-refractivity contribution in [1.29, 1.82) is 0 Å². The van der Waals surface area contributed by atoms with Gasteiger partial charge < -0.3 is 20.3 Å². The fourth-order valence-electron chi connectivity index (χ4n) is 4.72. The Hall–Kier alpha value is -5.38. The predicted octanol–water partition coefficient (Wildman–Crippen LogP) is 5.81. The Labute approximate surface area is 292 Å². The largest absolute Gasteiger partial charge is 0.494 e. The number of anilines is 1. The van der Waals surface area contributed by atoms with Crippen LogP contribution in [0, 0.1) is 0 Å². The van der Waals surface area contributed by atoms with Crippen molar-refractivity contribution in [1.82, 2.24) is 0 Å². The van der Waals surface area contributed by atoms with E-state index in [0.717, 1.165) is 10.8 Å². The summed E-state index contributed by atoms with van der Waals surface area (Å²) in [4.78, 5) is -0.307. The van der Waals surface area contributed by atoms with E-state index in [2.05, 4.69) is 20.5 Å². The molecule has 0 aliphatic rings. The maximum atomic E-state index is 11.6. The molecule has 5 aromatic rings.